The van der Waals surface area contributed by atoms with E-state index in [1.807, 2.05) is 0 Å². The van der Waals surface area contributed by atoms with Crippen molar-refractivity contribution in [2.75, 3.05) is 6.54 Å². The lowest BCUT2D eigenvalue weighted by atomic mass is 9.79. The van der Waals surface area contributed by atoms with Crippen molar-refractivity contribution in [3.05, 3.63) is 22.8 Å². The van der Waals surface area contributed by atoms with Crippen LogP contribution in [0.3, 0.4) is 0 Å². The van der Waals surface area contributed by atoms with Crippen molar-refractivity contribution in [1.29, 1.82) is 0 Å². The van der Waals surface area contributed by atoms with E-state index in [-0.39, 0.29) is 0 Å². The summed E-state index contributed by atoms with van der Waals surface area (Å²) in [5, 5.41) is 0. The molecule has 1 aliphatic rings. The Labute approximate surface area is 123 Å². The lowest BCUT2D eigenvalue weighted by Crippen LogP contribution is -2.19. The smallest absolute Gasteiger partial charge is 0.131 e. The number of hydrogen-bond donors (Lipinski definition) is 1. The number of nitrogens with two attached hydrogens (primary N) is 1. The van der Waals surface area contributed by atoms with Gasteiger partial charge in [-0.1, -0.05) is 33.1 Å². The van der Waals surface area contributed by atoms with Gasteiger partial charge in [0.05, 0.1) is 0 Å². The average molecular weight is 275 g/mol. The maximum Gasteiger partial charge on any atom is 0.131 e. The summed E-state index contributed by atoms with van der Waals surface area (Å²) in [7, 11) is 0. The third-order valence-corrected chi connectivity index (χ3v) is 4.92. The Hall–Kier alpha value is -0.960. The van der Waals surface area contributed by atoms with Gasteiger partial charge in [-0.25, -0.2) is 9.97 Å². The first kappa shape index (κ1) is 15.4. The summed E-state index contributed by atoms with van der Waals surface area (Å²) in [4.78, 5) is 9.66. The van der Waals surface area contributed by atoms with E-state index in [0.29, 0.717) is 18.4 Å². The molecule has 0 aromatic carbocycles. The Morgan fingerprint density at radius 2 is 1.85 bits per heavy atom. The monoisotopic (exact) mass is 275 g/mol. The molecule has 2 N–H and O–H groups in total. The zero-order chi connectivity index (χ0) is 14.7. The molecule has 20 heavy (non-hydrogen) atoms. The molecule has 3 heteroatoms. The first-order valence-corrected chi connectivity index (χ1v) is 8.11. The maximum absolute atomic E-state index is 5.80. The Morgan fingerprint density at radius 3 is 2.40 bits per heavy atom. The van der Waals surface area contributed by atoms with E-state index in [1.54, 1.807) is 0 Å². The topological polar surface area (TPSA) is 51.8 Å². The second kappa shape index (κ2) is 6.66. The standard InChI is InChI=1S/C17H29N3/c1-5-14-7-6-8-15(9-14)17-19-12(3)16(11(2)10-18)13(4)20-17/h11,14-15H,5-10,18H2,1-4H3. The van der Waals surface area contributed by atoms with Crippen LogP contribution in [-0.4, -0.2) is 16.5 Å². The molecule has 1 aromatic heterocycles. The van der Waals surface area contributed by atoms with E-state index in [2.05, 4.69) is 27.7 Å². The normalized spacial score (nSPS) is 24.6. The number of rotatable bonds is 4. The molecule has 1 saturated carbocycles. The van der Waals surface area contributed by atoms with Crippen molar-refractivity contribution in [2.24, 2.45) is 11.7 Å². The molecule has 1 heterocycles. The molecule has 0 amide bonds. The highest BCUT2D eigenvalue weighted by Gasteiger charge is 2.25. The zero-order valence-electron chi connectivity index (χ0n) is 13.4. The first-order valence-electron chi connectivity index (χ1n) is 8.11. The van der Waals surface area contributed by atoms with Gasteiger partial charge in [-0.2, -0.15) is 0 Å². The number of hydrogen-bond acceptors (Lipinski definition) is 3. The fraction of sp³-hybridized carbons (Fsp3) is 0.765. The van der Waals surface area contributed by atoms with Crippen molar-refractivity contribution in [3.63, 3.8) is 0 Å². The van der Waals surface area contributed by atoms with Crippen LogP contribution in [0.15, 0.2) is 0 Å². The second-order valence-corrected chi connectivity index (χ2v) is 6.44. The highest BCUT2D eigenvalue weighted by molar-refractivity contribution is 5.29. The molecule has 0 bridgehead atoms. The van der Waals surface area contributed by atoms with Crippen LogP contribution in [0.25, 0.3) is 0 Å². The largest absolute Gasteiger partial charge is 0.330 e. The summed E-state index contributed by atoms with van der Waals surface area (Å²) in [6.07, 6.45) is 6.51. The Balaban J connectivity index is 2.25. The lowest BCUT2D eigenvalue weighted by molar-refractivity contribution is 0.306. The fourth-order valence-corrected chi connectivity index (χ4v) is 3.66. The molecule has 0 saturated heterocycles. The van der Waals surface area contributed by atoms with Gasteiger partial charge in [0.25, 0.3) is 0 Å². The number of nitrogens with zero attached hydrogens (tertiary/aromatic N) is 2. The molecule has 2 rings (SSSR count). The molecule has 1 aliphatic carbocycles. The van der Waals surface area contributed by atoms with Gasteiger partial charge in [-0.15, -0.1) is 0 Å². The third-order valence-electron chi connectivity index (χ3n) is 4.92. The van der Waals surface area contributed by atoms with Crippen molar-refractivity contribution in [3.8, 4) is 0 Å². The molecule has 112 valence electrons. The van der Waals surface area contributed by atoms with Crippen molar-refractivity contribution in [1.82, 2.24) is 9.97 Å². The molecule has 0 radical (unpaired) electrons. The maximum atomic E-state index is 5.80. The molecule has 1 aromatic rings. The van der Waals surface area contributed by atoms with Gasteiger partial charge in [0.15, 0.2) is 0 Å². The van der Waals surface area contributed by atoms with Crippen LogP contribution in [0.2, 0.25) is 0 Å². The summed E-state index contributed by atoms with van der Waals surface area (Å²) < 4.78 is 0. The van der Waals surface area contributed by atoms with E-state index >= 15 is 0 Å². The van der Waals surface area contributed by atoms with Gasteiger partial charge in [-0.05, 0) is 50.6 Å². The van der Waals surface area contributed by atoms with Crippen LogP contribution >= 0.6 is 0 Å². The van der Waals surface area contributed by atoms with Gasteiger partial charge in [0.1, 0.15) is 5.82 Å². The quantitative estimate of drug-likeness (QED) is 0.908. The third kappa shape index (κ3) is 3.20. The van der Waals surface area contributed by atoms with Crippen molar-refractivity contribution in [2.45, 2.75) is 71.6 Å². The molecule has 1 fully saturated rings. The van der Waals surface area contributed by atoms with Gasteiger partial charge >= 0.3 is 0 Å². The van der Waals surface area contributed by atoms with Crippen LogP contribution in [0.4, 0.5) is 0 Å². The van der Waals surface area contributed by atoms with Crippen molar-refractivity contribution < 1.29 is 0 Å². The van der Waals surface area contributed by atoms with E-state index in [0.717, 1.165) is 23.1 Å². The van der Waals surface area contributed by atoms with Gasteiger partial charge < -0.3 is 5.73 Å². The lowest BCUT2D eigenvalue weighted by Gasteiger charge is -2.28. The summed E-state index contributed by atoms with van der Waals surface area (Å²) in [6.45, 7) is 9.34. The first-order chi connectivity index (χ1) is 9.56. The molecule has 3 unspecified atom stereocenters. The van der Waals surface area contributed by atoms with Crippen LogP contribution in [0.1, 0.15) is 80.6 Å². The van der Waals surface area contributed by atoms with Gasteiger partial charge in [-0.3, -0.25) is 0 Å². The Bertz CT molecular complexity index is 433. The molecular formula is C17H29N3. The van der Waals surface area contributed by atoms with Gasteiger partial charge in [0.2, 0.25) is 0 Å². The van der Waals surface area contributed by atoms with E-state index < -0.39 is 0 Å². The van der Waals surface area contributed by atoms with Crippen LogP contribution in [-0.2, 0) is 0 Å². The fourth-order valence-electron chi connectivity index (χ4n) is 3.66. The molecule has 3 nitrogen and oxygen atoms in total. The summed E-state index contributed by atoms with van der Waals surface area (Å²) in [6, 6.07) is 0. The Kier molecular flexibility index (Phi) is 5.14. The molecule has 0 aliphatic heterocycles. The highest BCUT2D eigenvalue weighted by Crippen LogP contribution is 2.36. The molecular weight excluding hydrogens is 246 g/mol. The summed E-state index contributed by atoms with van der Waals surface area (Å²) in [5.41, 5.74) is 9.31. The summed E-state index contributed by atoms with van der Waals surface area (Å²) >= 11 is 0. The molecule has 3 atom stereocenters. The van der Waals surface area contributed by atoms with Crippen LogP contribution in [0, 0.1) is 19.8 Å². The van der Waals surface area contributed by atoms with E-state index in [4.69, 9.17) is 15.7 Å². The highest BCUT2D eigenvalue weighted by atomic mass is 14.9. The minimum Gasteiger partial charge on any atom is -0.330 e. The Morgan fingerprint density at radius 1 is 1.20 bits per heavy atom. The average Bonchev–Trinajstić information content (AvgIpc) is 2.46. The number of aromatic nitrogens is 2. The minimum atomic E-state index is 0.346. The number of aryl methyl sites for hydroxylation is 2. The predicted octanol–water partition coefficient (Wildman–Crippen LogP) is 3.84. The second-order valence-electron chi connectivity index (χ2n) is 6.44. The zero-order valence-corrected chi connectivity index (χ0v) is 13.4. The van der Waals surface area contributed by atoms with Crippen LogP contribution < -0.4 is 5.73 Å². The molecule has 0 spiro atoms. The van der Waals surface area contributed by atoms with Crippen LogP contribution in [0.5, 0.6) is 0 Å². The van der Waals surface area contributed by atoms with Crippen molar-refractivity contribution >= 4 is 0 Å². The van der Waals surface area contributed by atoms with E-state index in [1.165, 1.54) is 37.7 Å². The van der Waals surface area contributed by atoms with Gasteiger partial charge in [0, 0.05) is 17.3 Å². The SMILES string of the molecule is CCC1CCCC(c2nc(C)c(C(C)CN)c(C)n2)C1. The predicted molar refractivity (Wildman–Crippen MR) is 84.0 cm³/mol. The summed E-state index contributed by atoms with van der Waals surface area (Å²) in [5.74, 6) is 2.85. The minimum absolute atomic E-state index is 0.346. The van der Waals surface area contributed by atoms with E-state index in [9.17, 15) is 0 Å².